The molecule has 21 heavy (non-hydrogen) atoms. The zero-order valence-corrected chi connectivity index (χ0v) is 11.4. The van der Waals surface area contributed by atoms with Gasteiger partial charge < -0.3 is 13.9 Å². The highest BCUT2D eigenvalue weighted by Crippen LogP contribution is 2.24. The fraction of sp³-hybridized carbons (Fsp3) is 0.125. The summed E-state index contributed by atoms with van der Waals surface area (Å²) in [5.41, 5.74) is 0.990. The summed E-state index contributed by atoms with van der Waals surface area (Å²) in [6, 6.07) is 10.8. The van der Waals surface area contributed by atoms with Crippen molar-refractivity contribution in [1.29, 1.82) is 0 Å². The van der Waals surface area contributed by atoms with E-state index in [1.165, 1.54) is 6.26 Å². The van der Waals surface area contributed by atoms with E-state index in [1.54, 1.807) is 18.2 Å². The first kappa shape index (κ1) is 13.2. The Morgan fingerprint density at radius 2 is 2.10 bits per heavy atom. The third kappa shape index (κ3) is 2.72. The van der Waals surface area contributed by atoms with Gasteiger partial charge in [-0.2, -0.15) is 0 Å². The largest absolute Gasteiger partial charge is 0.493 e. The lowest BCUT2D eigenvalue weighted by atomic mass is 10.1. The van der Waals surface area contributed by atoms with Crippen molar-refractivity contribution >= 4 is 17.9 Å². The molecule has 0 aliphatic carbocycles. The molecule has 1 aliphatic rings. The van der Waals surface area contributed by atoms with Gasteiger partial charge in [-0.25, -0.2) is 9.79 Å². The fourth-order valence-corrected chi connectivity index (χ4v) is 1.95. The van der Waals surface area contributed by atoms with Crippen molar-refractivity contribution < 1.29 is 18.7 Å². The molecule has 0 spiro atoms. The number of rotatable bonds is 4. The van der Waals surface area contributed by atoms with Crippen LogP contribution in [0.15, 0.2) is 57.8 Å². The zero-order valence-electron chi connectivity index (χ0n) is 11.4. The second-order valence-electron chi connectivity index (χ2n) is 4.28. The Bertz CT molecular complexity index is 714. The van der Waals surface area contributed by atoms with Gasteiger partial charge in [0, 0.05) is 5.56 Å². The molecule has 0 bridgehead atoms. The first-order valence-corrected chi connectivity index (χ1v) is 6.56. The first-order valence-electron chi connectivity index (χ1n) is 6.56. The Kier molecular flexibility index (Phi) is 3.55. The van der Waals surface area contributed by atoms with Gasteiger partial charge in [-0.3, -0.25) is 0 Å². The number of esters is 1. The maximum absolute atomic E-state index is 11.9. The number of aliphatic imine (C=N–C) groups is 1. The first-order chi connectivity index (χ1) is 10.3. The van der Waals surface area contributed by atoms with E-state index in [4.69, 9.17) is 13.9 Å². The predicted molar refractivity (Wildman–Crippen MR) is 76.9 cm³/mol. The van der Waals surface area contributed by atoms with Gasteiger partial charge in [-0.15, -0.1) is 0 Å². The van der Waals surface area contributed by atoms with Crippen molar-refractivity contribution in [2.45, 2.75) is 6.92 Å². The molecule has 0 fully saturated rings. The SMILES string of the molecule is CCOc1ccccc1/C=C1/N=C(c2ccco2)OC1=O. The molecular formula is C16H13NO4. The Morgan fingerprint density at radius 3 is 2.86 bits per heavy atom. The number of para-hydroxylation sites is 1. The monoisotopic (exact) mass is 283 g/mol. The molecule has 0 atom stereocenters. The summed E-state index contributed by atoms with van der Waals surface area (Å²) in [5.74, 6) is 0.782. The normalized spacial score (nSPS) is 16.0. The number of nitrogens with zero attached hydrogens (tertiary/aromatic N) is 1. The van der Waals surface area contributed by atoms with E-state index in [-0.39, 0.29) is 11.6 Å². The van der Waals surface area contributed by atoms with Gasteiger partial charge in [0.25, 0.3) is 5.90 Å². The second-order valence-corrected chi connectivity index (χ2v) is 4.28. The van der Waals surface area contributed by atoms with E-state index >= 15 is 0 Å². The van der Waals surface area contributed by atoms with Crippen LogP contribution in [0.2, 0.25) is 0 Å². The number of carbonyl (C=O) groups is 1. The van der Waals surface area contributed by atoms with Crippen LogP contribution < -0.4 is 4.74 Å². The van der Waals surface area contributed by atoms with E-state index in [2.05, 4.69) is 4.99 Å². The summed E-state index contributed by atoms with van der Waals surface area (Å²) >= 11 is 0. The molecule has 2 heterocycles. The van der Waals surface area contributed by atoms with Gasteiger partial charge in [0.05, 0.1) is 12.9 Å². The molecule has 0 N–H and O–H groups in total. The molecular weight excluding hydrogens is 270 g/mol. The average Bonchev–Trinajstić information content (AvgIpc) is 3.12. The van der Waals surface area contributed by atoms with E-state index in [1.807, 2.05) is 31.2 Å². The van der Waals surface area contributed by atoms with Gasteiger partial charge in [0.15, 0.2) is 11.5 Å². The highest BCUT2D eigenvalue weighted by Gasteiger charge is 2.26. The van der Waals surface area contributed by atoms with Crippen LogP contribution in [-0.4, -0.2) is 18.5 Å². The Labute approximate surface area is 121 Å². The van der Waals surface area contributed by atoms with Crippen LogP contribution in [0.3, 0.4) is 0 Å². The van der Waals surface area contributed by atoms with Gasteiger partial charge >= 0.3 is 5.97 Å². The lowest BCUT2D eigenvalue weighted by Gasteiger charge is -2.06. The van der Waals surface area contributed by atoms with E-state index < -0.39 is 5.97 Å². The highest BCUT2D eigenvalue weighted by atomic mass is 16.6. The van der Waals surface area contributed by atoms with Crippen LogP contribution in [0, 0.1) is 0 Å². The van der Waals surface area contributed by atoms with Crippen LogP contribution in [0.4, 0.5) is 0 Å². The lowest BCUT2D eigenvalue weighted by molar-refractivity contribution is -0.130. The molecule has 5 nitrogen and oxygen atoms in total. The standard InChI is InChI=1S/C16H13NO4/c1-2-19-13-7-4-3-6-11(13)10-12-16(18)21-15(17-12)14-8-5-9-20-14/h3-10H,2H2,1H3/b12-10+. The maximum atomic E-state index is 11.9. The minimum Gasteiger partial charge on any atom is -0.493 e. The maximum Gasteiger partial charge on any atom is 0.363 e. The minimum absolute atomic E-state index is 0.171. The summed E-state index contributed by atoms with van der Waals surface area (Å²) in [4.78, 5) is 16.0. The van der Waals surface area contributed by atoms with E-state index in [9.17, 15) is 4.79 Å². The van der Waals surface area contributed by atoms with Crippen LogP contribution in [0.1, 0.15) is 18.2 Å². The second kappa shape index (κ2) is 5.66. The fourth-order valence-electron chi connectivity index (χ4n) is 1.95. The number of furan rings is 1. The molecule has 0 unspecified atom stereocenters. The Balaban J connectivity index is 1.95. The van der Waals surface area contributed by atoms with Crippen molar-refractivity contribution in [3.8, 4) is 5.75 Å². The minimum atomic E-state index is -0.507. The summed E-state index contributed by atoms with van der Waals surface area (Å²) in [6.45, 7) is 2.45. The van der Waals surface area contributed by atoms with Crippen LogP contribution in [0.25, 0.3) is 6.08 Å². The van der Waals surface area contributed by atoms with Crippen LogP contribution >= 0.6 is 0 Å². The molecule has 106 valence electrons. The molecule has 3 rings (SSSR count). The molecule has 0 amide bonds. The molecule has 0 saturated heterocycles. The Hall–Kier alpha value is -2.82. The highest BCUT2D eigenvalue weighted by molar-refractivity contribution is 6.11. The number of ether oxygens (including phenoxy) is 2. The van der Waals surface area contributed by atoms with Gasteiger partial charge in [0.2, 0.25) is 0 Å². The summed E-state index contributed by atoms with van der Waals surface area (Å²) < 4.78 is 15.8. The quantitative estimate of drug-likeness (QED) is 0.639. The van der Waals surface area contributed by atoms with E-state index in [0.29, 0.717) is 18.1 Å². The third-order valence-corrected chi connectivity index (χ3v) is 2.86. The van der Waals surface area contributed by atoms with E-state index in [0.717, 1.165) is 5.56 Å². The number of benzene rings is 1. The number of hydrogen-bond acceptors (Lipinski definition) is 5. The third-order valence-electron chi connectivity index (χ3n) is 2.86. The van der Waals surface area contributed by atoms with Gasteiger partial charge in [0.1, 0.15) is 5.75 Å². The van der Waals surface area contributed by atoms with Gasteiger partial charge in [-0.05, 0) is 31.2 Å². The summed E-state index contributed by atoms with van der Waals surface area (Å²) in [5, 5.41) is 0. The molecule has 5 heteroatoms. The lowest BCUT2D eigenvalue weighted by Crippen LogP contribution is -2.04. The van der Waals surface area contributed by atoms with Crippen molar-refractivity contribution in [2.24, 2.45) is 4.99 Å². The molecule has 0 radical (unpaired) electrons. The number of carbonyl (C=O) groups excluding carboxylic acids is 1. The van der Waals surface area contributed by atoms with Crippen LogP contribution in [0.5, 0.6) is 5.75 Å². The number of cyclic esters (lactones) is 1. The topological polar surface area (TPSA) is 61.0 Å². The van der Waals surface area contributed by atoms with Gasteiger partial charge in [-0.1, -0.05) is 18.2 Å². The van der Waals surface area contributed by atoms with Crippen molar-refractivity contribution in [2.75, 3.05) is 6.61 Å². The molecule has 1 aliphatic heterocycles. The molecule has 1 aromatic heterocycles. The molecule has 2 aromatic rings. The molecule has 1 aromatic carbocycles. The smallest absolute Gasteiger partial charge is 0.363 e. The van der Waals surface area contributed by atoms with Crippen molar-refractivity contribution in [3.63, 3.8) is 0 Å². The van der Waals surface area contributed by atoms with Crippen LogP contribution in [-0.2, 0) is 9.53 Å². The zero-order chi connectivity index (χ0) is 14.7. The summed E-state index contributed by atoms with van der Waals surface area (Å²) in [7, 11) is 0. The predicted octanol–water partition coefficient (Wildman–Crippen LogP) is 3.02. The molecule has 0 saturated carbocycles. The average molecular weight is 283 g/mol. The number of hydrogen-bond donors (Lipinski definition) is 0. The van der Waals surface area contributed by atoms with Crippen molar-refractivity contribution in [1.82, 2.24) is 0 Å². The summed E-state index contributed by atoms with van der Waals surface area (Å²) in [6.07, 6.45) is 3.14. The Morgan fingerprint density at radius 1 is 1.24 bits per heavy atom. The van der Waals surface area contributed by atoms with Crippen molar-refractivity contribution in [3.05, 3.63) is 59.7 Å².